The minimum absolute atomic E-state index is 0.0935. The Balaban J connectivity index is 1.76. The van der Waals surface area contributed by atoms with E-state index in [0.717, 1.165) is 37.8 Å². The van der Waals surface area contributed by atoms with E-state index in [-0.39, 0.29) is 12.3 Å². The molecule has 0 radical (unpaired) electrons. The second kappa shape index (κ2) is 5.31. The van der Waals surface area contributed by atoms with E-state index in [0.29, 0.717) is 6.54 Å². The Kier molecular flexibility index (Phi) is 3.78. The van der Waals surface area contributed by atoms with Gasteiger partial charge in [0.25, 0.3) is 0 Å². The molecule has 0 aliphatic heterocycles. The van der Waals surface area contributed by atoms with Crippen LogP contribution < -0.4 is 5.32 Å². The molecule has 1 heterocycles. The third-order valence-corrected chi connectivity index (χ3v) is 3.30. The molecule has 5 nitrogen and oxygen atoms in total. The summed E-state index contributed by atoms with van der Waals surface area (Å²) < 4.78 is 0. The minimum atomic E-state index is -0.781. The summed E-state index contributed by atoms with van der Waals surface area (Å²) in [5.74, 6) is -0.0935. The van der Waals surface area contributed by atoms with Gasteiger partial charge in [0.15, 0.2) is 0 Å². The SMILES string of the molecule is O=C(CC1(O)CCCCC1)NCc1cnc[nH]1. The number of nitrogens with zero attached hydrogens (tertiary/aromatic N) is 1. The Morgan fingerprint density at radius 1 is 1.47 bits per heavy atom. The van der Waals surface area contributed by atoms with Gasteiger partial charge in [0.1, 0.15) is 0 Å². The van der Waals surface area contributed by atoms with Crippen LogP contribution >= 0.6 is 0 Å². The summed E-state index contributed by atoms with van der Waals surface area (Å²) in [5.41, 5.74) is 0.0880. The molecule has 1 fully saturated rings. The maximum absolute atomic E-state index is 11.7. The predicted molar refractivity (Wildman–Crippen MR) is 63.1 cm³/mol. The molecule has 1 aliphatic rings. The van der Waals surface area contributed by atoms with Gasteiger partial charge in [0, 0.05) is 6.20 Å². The molecule has 1 amide bonds. The molecule has 0 saturated heterocycles. The van der Waals surface area contributed by atoms with Gasteiger partial charge in [-0.05, 0) is 12.8 Å². The zero-order valence-electron chi connectivity index (χ0n) is 9.91. The first-order valence-corrected chi connectivity index (χ1v) is 6.14. The molecule has 1 aromatic rings. The van der Waals surface area contributed by atoms with E-state index in [1.165, 1.54) is 0 Å². The molecule has 5 heteroatoms. The van der Waals surface area contributed by atoms with Gasteiger partial charge in [0.05, 0.1) is 30.6 Å². The molecule has 1 aliphatic carbocycles. The number of aromatic amines is 1. The summed E-state index contributed by atoms with van der Waals surface area (Å²) in [4.78, 5) is 18.5. The van der Waals surface area contributed by atoms with Crippen LogP contribution in [0.3, 0.4) is 0 Å². The van der Waals surface area contributed by atoms with Crippen LogP contribution in [0.5, 0.6) is 0 Å². The van der Waals surface area contributed by atoms with E-state index >= 15 is 0 Å². The molecule has 1 saturated carbocycles. The minimum Gasteiger partial charge on any atom is -0.389 e. The van der Waals surface area contributed by atoms with Gasteiger partial charge in [-0.25, -0.2) is 4.98 Å². The fourth-order valence-electron chi connectivity index (χ4n) is 2.32. The van der Waals surface area contributed by atoms with Crippen molar-refractivity contribution in [2.45, 2.75) is 50.7 Å². The van der Waals surface area contributed by atoms with Crippen molar-refractivity contribution in [1.82, 2.24) is 15.3 Å². The molecule has 3 N–H and O–H groups in total. The molecule has 0 atom stereocenters. The number of carbonyl (C=O) groups excluding carboxylic acids is 1. The largest absolute Gasteiger partial charge is 0.389 e. The van der Waals surface area contributed by atoms with Crippen LogP contribution in [0, 0.1) is 0 Å². The number of imidazole rings is 1. The molecule has 1 aromatic heterocycles. The Labute approximate surface area is 101 Å². The number of carbonyl (C=O) groups is 1. The third kappa shape index (κ3) is 3.56. The zero-order chi connectivity index (χ0) is 12.1. The molecular weight excluding hydrogens is 218 g/mol. The van der Waals surface area contributed by atoms with Crippen molar-refractivity contribution in [1.29, 1.82) is 0 Å². The first-order chi connectivity index (χ1) is 8.18. The zero-order valence-corrected chi connectivity index (χ0v) is 9.91. The van der Waals surface area contributed by atoms with Gasteiger partial charge in [-0.1, -0.05) is 19.3 Å². The summed E-state index contributed by atoms with van der Waals surface area (Å²) in [6, 6.07) is 0. The van der Waals surface area contributed by atoms with Crippen molar-refractivity contribution >= 4 is 5.91 Å². The van der Waals surface area contributed by atoms with Gasteiger partial charge in [-0.15, -0.1) is 0 Å². The van der Waals surface area contributed by atoms with E-state index in [1.54, 1.807) is 12.5 Å². The molecule has 0 aromatic carbocycles. The molecule has 17 heavy (non-hydrogen) atoms. The molecule has 2 rings (SSSR count). The Bertz CT molecular complexity index is 356. The lowest BCUT2D eigenvalue weighted by molar-refractivity contribution is -0.127. The van der Waals surface area contributed by atoms with Gasteiger partial charge >= 0.3 is 0 Å². The Hall–Kier alpha value is -1.36. The molecule has 0 bridgehead atoms. The number of nitrogens with one attached hydrogen (secondary N) is 2. The van der Waals surface area contributed by atoms with Crippen LogP contribution in [0.15, 0.2) is 12.5 Å². The molecule has 94 valence electrons. The standard InChI is InChI=1S/C12H19N3O2/c16-11(14-8-10-7-13-9-15-10)6-12(17)4-2-1-3-5-12/h7,9,17H,1-6,8H2,(H,13,15)(H,14,16). The number of rotatable bonds is 4. The van der Waals surface area contributed by atoms with Gasteiger partial charge in [0.2, 0.25) is 5.91 Å². The summed E-state index contributed by atoms with van der Waals surface area (Å²) in [7, 11) is 0. The highest BCUT2D eigenvalue weighted by molar-refractivity contribution is 5.76. The first kappa shape index (κ1) is 12.1. The van der Waals surface area contributed by atoms with Crippen molar-refractivity contribution in [3.05, 3.63) is 18.2 Å². The number of hydrogen-bond acceptors (Lipinski definition) is 3. The van der Waals surface area contributed by atoms with E-state index in [1.807, 2.05) is 0 Å². The van der Waals surface area contributed by atoms with Crippen LogP contribution in [-0.2, 0) is 11.3 Å². The van der Waals surface area contributed by atoms with Crippen LogP contribution in [0.1, 0.15) is 44.2 Å². The number of H-pyrrole nitrogens is 1. The van der Waals surface area contributed by atoms with Crippen LogP contribution in [-0.4, -0.2) is 26.6 Å². The smallest absolute Gasteiger partial charge is 0.223 e. The Morgan fingerprint density at radius 3 is 2.88 bits per heavy atom. The van der Waals surface area contributed by atoms with Crippen molar-refractivity contribution in [3.63, 3.8) is 0 Å². The van der Waals surface area contributed by atoms with Gasteiger partial charge in [-0.3, -0.25) is 4.79 Å². The summed E-state index contributed by atoms with van der Waals surface area (Å²) in [5, 5.41) is 13.0. The number of aliphatic hydroxyl groups is 1. The predicted octanol–water partition coefficient (Wildman–Crippen LogP) is 1.11. The van der Waals surface area contributed by atoms with Gasteiger partial charge < -0.3 is 15.4 Å². The van der Waals surface area contributed by atoms with E-state index in [9.17, 15) is 9.90 Å². The van der Waals surface area contributed by atoms with E-state index in [4.69, 9.17) is 0 Å². The third-order valence-electron chi connectivity index (χ3n) is 3.30. The highest BCUT2D eigenvalue weighted by Gasteiger charge is 2.31. The average molecular weight is 237 g/mol. The van der Waals surface area contributed by atoms with E-state index in [2.05, 4.69) is 15.3 Å². The fraction of sp³-hybridized carbons (Fsp3) is 0.667. The van der Waals surface area contributed by atoms with Gasteiger partial charge in [-0.2, -0.15) is 0 Å². The normalized spacial score (nSPS) is 18.9. The number of amides is 1. The molecule has 0 unspecified atom stereocenters. The van der Waals surface area contributed by atoms with E-state index < -0.39 is 5.60 Å². The lowest BCUT2D eigenvalue weighted by Crippen LogP contribution is -2.38. The lowest BCUT2D eigenvalue weighted by Gasteiger charge is -2.31. The highest BCUT2D eigenvalue weighted by Crippen LogP contribution is 2.30. The molecular formula is C12H19N3O2. The summed E-state index contributed by atoms with van der Waals surface area (Å²) in [6.45, 7) is 0.439. The van der Waals surface area contributed by atoms with Crippen LogP contribution in [0.25, 0.3) is 0 Å². The summed E-state index contributed by atoms with van der Waals surface area (Å²) >= 11 is 0. The lowest BCUT2D eigenvalue weighted by atomic mass is 9.82. The quantitative estimate of drug-likeness (QED) is 0.734. The van der Waals surface area contributed by atoms with Crippen molar-refractivity contribution < 1.29 is 9.90 Å². The van der Waals surface area contributed by atoms with Crippen LogP contribution in [0.4, 0.5) is 0 Å². The fourth-order valence-corrected chi connectivity index (χ4v) is 2.32. The van der Waals surface area contributed by atoms with Crippen LogP contribution in [0.2, 0.25) is 0 Å². The average Bonchev–Trinajstić information content (AvgIpc) is 2.79. The molecule has 0 spiro atoms. The topological polar surface area (TPSA) is 78.0 Å². The first-order valence-electron chi connectivity index (χ1n) is 6.14. The second-order valence-corrected chi connectivity index (χ2v) is 4.82. The maximum Gasteiger partial charge on any atom is 0.223 e. The van der Waals surface area contributed by atoms with Crippen molar-refractivity contribution in [3.8, 4) is 0 Å². The number of aromatic nitrogens is 2. The van der Waals surface area contributed by atoms with Crippen molar-refractivity contribution in [2.24, 2.45) is 0 Å². The summed E-state index contributed by atoms with van der Waals surface area (Å²) in [6.07, 6.45) is 8.15. The second-order valence-electron chi connectivity index (χ2n) is 4.82. The monoisotopic (exact) mass is 237 g/mol. The number of hydrogen-bond donors (Lipinski definition) is 3. The maximum atomic E-state index is 11.7. The van der Waals surface area contributed by atoms with Crippen molar-refractivity contribution in [2.75, 3.05) is 0 Å². The Morgan fingerprint density at radius 2 is 2.24 bits per heavy atom. The highest BCUT2D eigenvalue weighted by atomic mass is 16.3.